The predicted octanol–water partition coefficient (Wildman–Crippen LogP) is 4.14. The van der Waals surface area contributed by atoms with E-state index in [9.17, 15) is 4.39 Å². The van der Waals surface area contributed by atoms with Crippen LogP contribution in [-0.4, -0.2) is 24.8 Å². The zero-order valence-corrected chi connectivity index (χ0v) is 15.8. The highest BCUT2D eigenvalue weighted by Crippen LogP contribution is 2.20. The molecule has 0 saturated heterocycles. The van der Waals surface area contributed by atoms with Gasteiger partial charge >= 0.3 is 0 Å². The molecule has 0 bridgehead atoms. The molecule has 0 radical (unpaired) electrons. The van der Waals surface area contributed by atoms with E-state index in [4.69, 9.17) is 12.2 Å². The van der Waals surface area contributed by atoms with E-state index in [0.29, 0.717) is 29.8 Å². The topological polar surface area (TPSA) is 50.4 Å². The molecule has 134 valence electrons. The highest BCUT2D eigenvalue weighted by atomic mass is 19.1. The summed E-state index contributed by atoms with van der Waals surface area (Å²) in [4.78, 5) is 4.31. The van der Waals surface area contributed by atoms with Crippen molar-refractivity contribution < 1.29 is 4.39 Å². The van der Waals surface area contributed by atoms with Gasteiger partial charge in [-0.2, -0.15) is 0 Å². The largest absolute Gasteiger partial charge is 0.384 e. The summed E-state index contributed by atoms with van der Waals surface area (Å²) >= 11 is 0. The highest BCUT2D eigenvalue weighted by Gasteiger charge is 2.27. The van der Waals surface area contributed by atoms with E-state index in [1.807, 2.05) is 6.92 Å². The number of hydrogen-bond acceptors (Lipinski definition) is 3. The Balaban J connectivity index is 4.90. The van der Waals surface area contributed by atoms with Crippen LogP contribution in [-0.2, 0) is 0 Å². The van der Waals surface area contributed by atoms with E-state index < -0.39 is 5.54 Å². The van der Waals surface area contributed by atoms with Crippen LogP contribution in [0.4, 0.5) is 4.39 Å². The van der Waals surface area contributed by atoms with Crippen molar-refractivity contribution in [2.45, 2.75) is 52.5 Å². The van der Waals surface area contributed by atoms with Crippen molar-refractivity contribution in [3.8, 4) is 12.3 Å². The third-order valence-electron chi connectivity index (χ3n) is 4.12. The molecule has 2 unspecified atom stereocenters. The van der Waals surface area contributed by atoms with E-state index in [-0.39, 0.29) is 11.7 Å². The molecule has 0 aliphatic carbocycles. The van der Waals surface area contributed by atoms with Gasteiger partial charge in [-0.25, -0.2) is 4.39 Å². The Labute approximate surface area is 147 Å². The van der Waals surface area contributed by atoms with Crippen molar-refractivity contribution in [3.05, 3.63) is 35.8 Å². The molecule has 0 aliphatic heterocycles. The lowest BCUT2D eigenvalue weighted by molar-refractivity contribution is 0.555. The molecule has 0 aromatic heterocycles. The molecule has 3 nitrogen and oxygen atoms in total. The first-order valence-corrected chi connectivity index (χ1v) is 8.27. The van der Waals surface area contributed by atoms with E-state index >= 15 is 0 Å². The highest BCUT2D eigenvalue weighted by molar-refractivity contribution is 6.09. The summed E-state index contributed by atoms with van der Waals surface area (Å²) in [6, 6.07) is 0. The molecule has 0 amide bonds. The van der Waals surface area contributed by atoms with E-state index in [0.717, 1.165) is 18.6 Å². The van der Waals surface area contributed by atoms with Crippen LogP contribution in [0, 0.1) is 18.3 Å². The summed E-state index contributed by atoms with van der Waals surface area (Å²) in [5.74, 6) is 2.38. The molecule has 0 fully saturated rings. The third-order valence-corrected chi connectivity index (χ3v) is 4.12. The Kier molecular flexibility index (Phi) is 9.32. The van der Waals surface area contributed by atoms with Crippen molar-refractivity contribution >= 4 is 5.71 Å². The lowest BCUT2D eigenvalue weighted by atomic mass is 9.86. The number of nitrogens with one attached hydrogen (secondary N) is 1. The predicted molar refractivity (Wildman–Crippen MR) is 104 cm³/mol. The van der Waals surface area contributed by atoms with Crippen LogP contribution >= 0.6 is 0 Å². The second-order valence-electron chi connectivity index (χ2n) is 6.46. The van der Waals surface area contributed by atoms with Crippen molar-refractivity contribution in [1.82, 2.24) is 5.32 Å². The summed E-state index contributed by atoms with van der Waals surface area (Å²) in [6.45, 7) is 15.8. The molecule has 0 aromatic rings. The molecular formula is C20H32FN3. The standard InChI is InChI=1S/C20H32FN3/c1-9-11-20(7,22)19(23-8)15(4)17(6)24-13-18(10-2)12-14(3)16(5)21/h2,18,24H,4,6,9,11-13,22H2,1,3,5,7-8H3/b16-14+,23-19?. The Morgan fingerprint density at radius 1 is 1.42 bits per heavy atom. The number of nitrogens with two attached hydrogens (primary N) is 1. The van der Waals surface area contributed by atoms with Crippen LogP contribution in [0.1, 0.15) is 47.0 Å². The Bertz CT molecular complexity index is 558. The van der Waals surface area contributed by atoms with Crippen LogP contribution in [0.5, 0.6) is 0 Å². The van der Waals surface area contributed by atoms with Crippen molar-refractivity contribution in [1.29, 1.82) is 0 Å². The van der Waals surface area contributed by atoms with E-state index in [1.165, 1.54) is 6.92 Å². The Hall–Kier alpha value is -1.86. The molecule has 2 atom stereocenters. The average Bonchev–Trinajstić information content (AvgIpc) is 2.50. The van der Waals surface area contributed by atoms with Crippen LogP contribution in [0.2, 0.25) is 0 Å². The fourth-order valence-electron chi connectivity index (χ4n) is 2.57. The summed E-state index contributed by atoms with van der Waals surface area (Å²) in [5, 5.41) is 3.19. The number of rotatable bonds is 10. The fourth-order valence-corrected chi connectivity index (χ4v) is 2.57. The van der Waals surface area contributed by atoms with Crippen LogP contribution in [0.25, 0.3) is 0 Å². The zero-order chi connectivity index (χ0) is 18.9. The maximum absolute atomic E-state index is 13.2. The van der Waals surface area contributed by atoms with Crippen molar-refractivity contribution in [2.24, 2.45) is 16.6 Å². The van der Waals surface area contributed by atoms with Gasteiger partial charge in [0.25, 0.3) is 0 Å². The molecular weight excluding hydrogens is 301 g/mol. The van der Waals surface area contributed by atoms with Gasteiger partial charge in [0, 0.05) is 30.8 Å². The number of halogens is 1. The second kappa shape index (κ2) is 10.1. The monoisotopic (exact) mass is 333 g/mol. The van der Waals surface area contributed by atoms with Crippen LogP contribution in [0.3, 0.4) is 0 Å². The molecule has 0 spiro atoms. The molecule has 0 aliphatic rings. The van der Waals surface area contributed by atoms with Gasteiger partial charge in [-0.05, 0) is 39.2 Å². The number of hydrogen-bond donors (Lipinski definition) is 2. The average molecular weight is 333 g/mol. The first-order chi connectivity index (χ1) is 11.1. The van der Waals surface area contributed by atoms with Crippen LogP contribution < -0.4 is 11.1 Å². The Morgan fingerprint density at radius 2 is 2.00 bits per heavy atom. The molecule has 3 N–H and O–H groups in total. The quantitative estimate of drug-likeness (QED) is 0.359. The van der Waals surface area contributed by atoms with Gasteiger partial charge in [-0.1, -0.05) is 26.5 Å². The minimum absolute atomic E-state index is 0.123. The first kappa shape index (κ1) is 22.1. The van der Waals surface area contributed by atoms with Gasteiger partial charge in [-0.3, -0.25) is 4.99 Å². The van der Waals surface area contributed by atoms with Gasteiger partial charge < -0.3 is 11.1 Å². The number of aliphatic imine (C=N–C) groups is 1. The van der Waals surface area contributed by atoms with Gasteiger partial charge in [0.05, 0.1) is 17.1 Å². The molecule has 0 rings (SSSR count). The summed E-state index contributed by atoms with van der Waals surface area (Å²) < 4.78 is 13.2. The molecule has 0 saturated carbocycles. The molecule has 0 heterocycles. The second-order valence-corrected chi connectivity index (χ2v) is 6.46. The van der Waals surface area contributed by atoms with E-state index in [1.54, 1.807) is 14.0 Å². The summed E-state index contributed by atoms with van der Waals surface area (Å²) in [5.41, 5.74) is 8.53. The van der Waals surface area contributed by atoms with Gasteiger partial charge in [-0.15, -0.1) is 12.3 Å². The maximum atomic E-state index is 13.2. The number of allylic oxidation sites excluding steroid dienone is 3. The lowest BCUT2D eigenvalue weighted by Gasteiger charge is -2.28. The minimum atomic E-state index is -0.554. The minimum Gasteiger partial charge on any atom is -0.384 e. The van der Waals surface area contributed by atoms with Crippen molar-refractivity contribution in [3.63, 3.8) is 0 Å². The van der Waals surface area contributed by atoms with Crippen LogP contribution in [0.15, 0.2) is 40.8 Å². The zero-order valence-electron chi connectivity index (χ0n) is 15.8. The number of nitrogens with zero attached hydrogens (tertiary/aromatic N) is 1. The first-order valence-electron chi connectivity index (χ1n) is 8.27. The van der Waals surface area contributed by atoms with Crippen molar-refractivity contribution in [2.75, 3.05) is 13.6 Å². The molecule has 4 heteroatoms. The van der Waals surface area contributed by atoms with Gasteiger partial charge in [0.2, 0.25) is 0 Å². The van der Waals surface area contributed by atoms with E-state index in [2.05, 4.69) is 36.3 Å². The SMILES string of the molecule is C#CC(CNC(=C)C(=C)C(=NC)C(C)(N)CCC)C/C(C)=C(\C)F. The molecule has 0 aromatic carbocycles. The Morgan fingerprint density at radius 3 is 2.42 bits per heavy atom. The van der Waals surface area contributed by atoms with Gasteiger partial charge in [0.1, 0.15) is 0 Å². The fraction of sp³-hybridized carbons (Fsp3) is 0.550. The maximum Gasteiger partial charge on any atom is 0.0958 e. The molecule has 24 heavy (non-hydrogen) atoms. The van der Waals surface area contributed by atoms with Gasteiger partial charge in [0.15, 0.2) is 0 Å². The summed E-state index contributed by atoms with van der Waals surface area (Å²) in [6.07, 6.45) is 7.81. The summed E-state index contributed by atoms with van der Waals surface area (Å²) in [7, 11) is 1.71. The smallest absolute Gasteiger partial charge is 0.0958 e. The number of terminal acetylenes is 1. The third kappa shape index (κ3) is 6.72. The normalized spacial score (nSPS) is 16.5. The lowest BCUT2D eigenvalue weighted by Crippen LogP contribution is -2.46.